The summed E-state index contributed by atoms with van der Waals surface area (Å²) >= 11 is 0. The molecule has 0 saturated carbocycles. The number of carbonyl (C=O) groups excluding carboxylic acids is 1. The number of amides is 1. The number of morpholine rings is 1. The molecule has 2 aliphatic rings. The third-order valence-electron chi connectivity index (χ3n) is 5.51. The highest BCUT2D eigenvalue weighted by molar-refractivity contribution is 5.80. The second kappa shape index (κ2) is 7.44. The van der Waals surface area contributed by atoms with E-state index in [-0.39, 0.29) is 17.7 Å². The van der Waals surface area contributed by atoms with Gasteiger partial charge in [0, 0.05) is 52.3 Å². The van der Waals surface area contributed by atoms with Gasteiger partial charge in [-0.05, 0) is 6.92 Å². The van der Waals surface area contributed by atoms with Gasteiger partial charge < -0.3 is 18.6 Å². The van der Waals surface area contributed by atoms with Crippen molar-refractivity contribution in [2.75, 3.05) is 39.4 Å². The van der Waals surface area contributed by atoms with Crippen LogP contribution < -0.4 is 0 Å². The van der Waals surface area contributed by atoms with Gasteiger partial charge in [-0.2, -0.15) is 0 Å². The van der Waals surface area contributed by atoms with Crippen molar-refractivity contribution in [3.8, 4) is 0 Å². The Bertz CT molecular complexity index is 808. The zero-order chi connectivity index (χ0) is 19.0. The predicted molar refractivity (Wildman–Crippen MR) is 98.1 cm³/mol. The average molecular weight is 373 g/mol. The molecule has 2 saturated heterocycles. The van der Waals surface area contributed by atoms with Gasteiger partial charge in [0.25, 0.3) is 0 Å². The standard InChI is InChI=1S/C19H27N5O3/c1-13-18(27-14(2)21-13)11-23-8-15(17-10-22(3)12-20-17)16(9-23)19(25)24-4-6-26-7-5-24/h10,12,15-16H,4-9,11H2,1-3H3/t15-,16-/m1/s1. The Balaban J connectivity index is 1.54. The van der Waals surface area contributed by atoms with Crippen LogP contribution in [-0.2, 0) is 23.1 Å². The zero-order valence-corrected chi connectivity index (χ0v) is 16.2. The molecule has 2 aromatic heterocycles. The van der Waals surface area contributed by atoms with Gasteiger partial charge in [-0.1, -0.05) is 0 Å². The van der Waals surface area contributed by atoms with Gasteiger partial charge in [-0.25, -0.2) is 9.97 Å². The Kier molecular flexibility index (Phi) is 5.01. The van der Waals surface area contributed by atoms with Crippen molar-refractivity contribution < 1.29 is 13.9 Å². The van der Waals surface area contributed by atoms with Crippen LogP contribution in [0.2, 0.25) is 0 Å². The summed E-state index contributed by atoms with van der Waals surface area (Å²) in [4.78, 5) is 26.4. The van der Waals surface area contributed by atoms with Crippen LogP contribution in [0, 0.1) is 19.8 Å². The lowest BCUT2D eigenvalue weighted by atomic mass is 9.92. The molecule has 0 radical (unpaired) electrons. The topological polar surface area (TPSA) is 76.6 Å². The number of ether oxygens (including phenoxy) is 1. The Labute approximate surface area is 159 Å². The highest BCUT2D eigenvalue weighted by atomic mass is 16.5. The van der Waals surface area contributed by atoms with E-state index in [1.165, 1.54) is 0 Å². The van der Waals surface area contributed by atoms with Gasteiger partial charge in [0.15, 0.2) is 5.89 Å². The molecule has 146 valence electrons. The molecule has 2 atom stereocenters. The first-order valence-electron chi connectivity index (χ1n) is 9.51. The molecule has 4 rings (SSSR count). The Morgan fingerprint density at radius 3 is 2.67 bits per heavy atom. The molecule has 1 amide bonds. The number of hydrogen-bond acceptors (Lipinski definition) is 6. The molecule has 2 aliphatic heterocycles. The summed E-state index contributed by atoms with van der Waals surface area (Å²) < 4.78 is 13.1. The van der Waals surface area contributed by atoms with E-state index in [1.807, 2.05) is 36.6 Å². The number of imidazole rings is 1. The Morgan fingerprint density at radius 2 is 2.04 bits per heavy atom. The molecule has 0 aromatic carbocycles. The summed E-state index contributed by atoms with van der Waals surface area (Å²) in [7, 11) is 1.96. The van der Waals surface area contributed by atoms with E-state index in [0.717, 1.165) is 23.7 Å². The number of oxazole rings is 1. The lowest BCUT2D eigenvalue weighted by Crippen LogP contribution is -2.45. The van der Waals surface area contributed by atoms with E-state index < -0.39 is 0 Å². The maximum atomic E-state index is 13.2. The molecule has 27 heavy (non-hydrogen) atoms. The zero-order valence-electron chi connectivity index (χ0n) is 16.2. The smallest absolute Gasteiger partial charge is 0.227 e. The normalized spacial score (nSPS) is 23.9. The first-order chi connectivity index (χ1) is 13.0. The highest BCUT2D eigenvalue weighted by Crippen LogP contribution is 2.34. The number of aryl methyl sites for hydroxylation is 3. The van der Waals surface area contributed by atoms with Crippen LogP contribution in [0.1, 0.15) is 29.0 Å². The van der Waals surface area contributed by atoms with Crippen LogP contribution in [0.25, 0.3) is 0 Å². The largest absolute Gasteiger partial charge is 0.444 e. The lowest BCUT2D eigenvalue weighted by molar-refractivity contribution is -0.139. The second-order valence-corrected chi connectivity index (χ2v) is 7.55. The lowest BCUT2D eigenvalue weighted by Gasteiger charge is -2.30. The van der Waals surface area contributed by atoms with Crippen LogP contribution >= 0.6 is 0 Å². The fourth-order valence-corrected chi connectivity index (χ4v) is 4.13. The van der Waals surface area contributed by atoms with Crippen molar-refractivity contribution in [2.45, 2.75) is 26.3 Å². The van der Waals surface area contributed by atoms with E-state index in [1.54, 1.807) is 6.33 Å². The van der Waals surface area contributed by atoms with Crippen molar-refractivity contribution in [2.24, 2.45) is 13.0 Å². The summed E-state index contributed by atoms with van der Waals surface area (Å²) in [5, 5.41) is 0. The molecule has 2 aromatic rings. The fourth-order valence-electron chi connectivity index (χ4n) is 4.13. The summed E-state index contributed by atoms with van der Waals surface area (Å²) in [5.74, 6) is 1.77. The van der Waals surface area contributed by atoms with E-state index in [2.05, 4.69) is 14.9 Å². The maximum Gasteiger partial charge on any atom is 0.227 e. The monoisotopic (exact) mass is 373 g/mol. The van der Waals surface area contributed by atoms with Gasteiger partial charge in [-0.3, -0.25) is 9.69 Å². The molecule has 4 heterocycles. The van der Waals surface area contributed by atoms with Crippen LogP contribution in [0.3, 0.4) is 0 Å². The first-order valence-corrected chi connectivity index (χ1v) is 9.51. The molecule has 0 spiro atoms. The number of nitrogens with zero attached hydrogens (tertiary/aromatic N) is 5. The first kappa shape index (κ1) is 18.2. The van der Waals surface area contributed by atoms with Crippen LogP contribution in [0.4, 0.5) is 0 Å². The molecule has 8 nitrogen and oxygen atoms in total. The van der Waals surface area contributed by atoms with Crippen LogP contribution in [0.15, 0.2) is 16.9 Å². The van der Waals surface area contributed by atoms with Crippen molar-refractivity contribution in [3.63, 3.8) is 0 Å². The number of aromatic nitrogens is 3. The molecule has 0 N–H and O–H groups in total. The van der Waals surface area contributed by atoms with Crippen LogP contribution in [0.5, 0.6) is 0 Å². The maximum absolute atomic E-state index is 13.2. The number of carbonyl (C=O) groups is 1. The van der Waals surface area contributed by atoms with E-state index in [0.29, 0.717) is 45.3 Å². The van der Waals surface area contributed by atoms with Crippen LogP contribution in [-0.4, -0.2) is 69.6 Å². The van der Waals surface area contributed by atoms with E-state index in [9.17, 15) is 4.79 Å². The van der Waals surface area contributed by atoms with Gasteiger partial charge in [0.05, 0.1) is 43.4 Å². The third kappa shape index (κ3) is 3.77. The van der Waals surface area contributed by atoms with E-state index in [4.69, 9.17) is 9.15 Å². The quantitative estimate of drug-likeness (QED) is 0.799. The molecule has 2 fully saturated rings. The number of hydrogen-bond donors (Lipinski definition) is 0. The van der Waals surface area contributed by atoms with Gasteiger partial charge in [-0.15, -0.1) is 0 Å². The molecule has 0 bridgehead atoms. The van der Waals surface area contributed by atoms with Gasteiger partial charge in [0.1, 0.15) is 5.76 Å². The molecule has 8 heteroatoms. The van der Waals surface area contributed by atoms with Crippen molar-refractivity contribution in [3.05, 3.63) is 35.6 Å². The number of likely N-dealkylation sites (tertiary alicyclic amines) is 1. The average Bonchev–Trinajstić information content (AvgIpc) is 3.34. The molecule has 0 aliphatic carbocycles. The predicted octanol–water partition coefficient (Wildman–Crippen LogP) is 1.10. The summed E-state index contributed by atoms with van der Waals surface area (Å²) in [5.41, 5.74) is 1.90. The van der Waals surface area contributed by atoms with Crippen molar-refractivity contribution >= 4 is 5.91 Å². The molecule has 0 unspecified atom stereocenters. The number of rotatable bonds is 4. The summed E-state index contributed by atoms with van der Waals surface area (Å²) in [6, 6.07) is 0. The Morgan fingerprint density at radius 1 is 1.26 bits per heavy atom. The second-order valence-electron chi connectivity index (χ2n) is 7.55. The molecular formula is C19H27N5O3. The highest BCUT2D eigenvalue weighted by Gasteiger charge is 2.42. The van der Waals surface area contributed by atoms with E-state index >= 15 is 0 Å². The summed E-state index contributed by atoms with van der Waals surface area (Å²) in [6.45, 7) is 8.57. The van der Waals surface area contributed by atoms with Crippen molar-refractivity contribution in [1.82, 2.24) is 24.3 Å². The third-order valence-corrected chi connectivity index (χ3v) is 5.51. The Hall–Kier alpha value is -2.19. The summed E-state index contributed by atoms with van der Waals surface area (Å²) in [6.07, 6.45) is 3.83. The van der Waals surface area contributed by atoms with Gasteiger partial charge >= 0.3 is 0 Å². The minimum absolute atomic E-state index is 0.0888. The minimum atomic E-state index is -0.0951. The fraction of sp³-hybridized carbons (Fsp3) is 0.632. The molecular weight excluding hydrogens is 346 g/mol. The minimum Gasteiger partial charge on any atom is -0.444 e. The van der Waals surface area contributed by atoms with Crippen molar-refractivity contribution in [1.29, 1.82) is 0 Å². The van der Waals surface area contributed by atoms with Gasteiger partial charge in [0.2, 0.25) is 5.91 Å². The SMILES string of the molecule is Cc1nc(C)c(CN2C[C@@H](C(=O)N3CCOCC3)[C@H](c3cn(C)cn3)C2)o1.